The van der Waals surface area contributed by atoms with Crippen LogP contribution in [0.5, 0.6) is 0 Å². The lowest BCUT2D eigenvalue weighted by molar-refractivity contribution is -0.00145. The summed E-state index contributed by atoms with van der Waals surface area (Å²) in [6.45, 7) is 0. The second-order valence-corrected chi connectivity index (χ2v) is 27.1. The Morgan fingerprint density at radius 1 is 0.175 bits per heavy atom. The molecule has 3 saturated heterocycles. The molecule has 0 aromatic rings. The van der Waals surface area contributed by atoms with Crippen LogP contribution in [0.25, 0.3) is 0 Å². The maximum Gasteiger partial charge on any atom is 0.0133 e. The molecular formula is C60H99N3. The topological polar surface area (TPSA) is 9.72 Å². The maximum atomic E-state index is 3.31. The van der Waals surface area contributed by atoms with Gasteiger partial charge < -0.3 is 0 Å². The number of hydrogen-bond acceptors (Lipinski definition) is 3. The van der Waals surface area contributed by atoms with E-state index in [1.807, 2.05) is 0 Å². The molecule has 354 valence electrons. The van der Waals surface area contributed by atoms with Crippen LogP contribution >= 0.6 is 0 Å². The number of rotatable bonds is 6. The SMILES string of the molecule is C1CCC2C(C1)C1CCCCC1N2C1CCC(C2CC(C3CCC(N4C5CCCCC5C5CCCCC54)CC3)CC(C3CCC(N4C5CCCCC5C5CCCCC54)CC3)C2)CC1. The Kier molecular flexibility index (Phi) is 12.7. The van der Waals surface area contributed by atoms with Crippen molar-refractivity contribution in [2.24, 2.45) is 71.0 Å². The van der Waals surface area contributed by atoms with Gasteiger partial charge in [0.05, 0.1) is 0 Å². The summed E-state index contributed by atoms with van der Waals surface area (Å²) in [5, 5.41) is 0. The standard InChI is InChI=1S/C60H99N3/c1-7-19-55-49(13-1)50-14-2-8-20-56(50)61(55)46-31-25-40(26-32-46)43-37-44(41-27-33-47(34-28-41)62-57-21-9-3-15-51(57)52-16-4-10-22-58(52)62)39-45(38-43)42-29-35-48(36-30-42)63-59-23-11-5-17-53(59)54-18-6-12-24-60(54)63/h40-60H,1-39H2. The van der Waals surface area contributed by atoms with Gasteiger partial charge in [-0.2, -0.15) is 0 Å². The Hall–Kier alpha value is -0.120. The fourth-order valence-electron chi connectivity index (χ4n) is 22.6. The summed E-state index contributed by atoms with van der Waals surface area (Å²) >= 11 is 0. The van der Waals surface area contributed by atoms with E-state index in [2.05, 4.69) is 14.7 Å². The summed E-state index contributed by atoms with van der Waals surface area (Å²) in [4.78, 5) is 9.93. The van der Waals surface area contributed by atoms with Gasteiger partial charge in [-0.25, -0.2) is 0 Å². The molecule has 3 heteroatoms. The number of hydrogen-bond donors (Lipinski definition) is 0. The fraction of sp³-hybridized carbons (Fsp3) is 1.00. The molecule has 13 fully saturated rings. The van der Waals surface area contributed by atoms with Crippen molar-refractivity contribution in [1.82, 2.24) is 14.7 Å². The predicted octanol–water partition coefficient (Wildman–Crippen LogP) is 15.0. The highest BCUT2D eigenvalue weighted by Gasteiger charge is 2.56. The molecule has 63 heavy (non-hydrogen) atoms. The first-order valence-electron chi connectivity index (χ1n) is 30.6. The highest BCUT2D eigenvalue weighted by atomic mass is 15.3. The summed E-state index contributed by atoms with van der Waals surface area (Å²) in [6, 6.07) is 8.68. The molecule has 3 aliphatic heterocycles. The largest absolute Gasteiger partial charge is 0.294 e. The van der Waals surface area contributed by atoms with Crippen molar-refractivity contribution < 1.29 is 0 Å². The average molecular weight is 862 g/mol. The van der Waals surface area contributed by atoms with Gasteiger partial charge in [0.25, 0.3) is 0 Å². The van der Waals surface area contributed by atoms with Crippen molar-refractivity contribution in [2.45, 2.75) is 305 Å². The van der Waals surface area contributed by atoms with Crippen molar-refractivity contribution in [3.05, 3.63) is 0 Å². The van der Waals surface area contributed by atoms with Crippen LogP contribution in [-0.2, 0) is 0 Å². The van der Waals surface area contributed by atoms with Gasteiger partial charge in [0.15, 0.2) is 0 Å². The van der Waals surface area contributed by atoms with E-state index in [0.29, 0.717) is 0 Å². The van der Waals surface area contributed by atoms with Crippen molar-refractivity contribution >= 4 is 0 Å². The van der Waals surface area contributed by atoms with E-state index in [1.165, 1.54) is 38.5 Å². The van der Waals surface area contributed by atoms with Crippen LogP contribution in [0.2, 0.25) is 0 Å². The van der Waals surface area contributed by atoms with Crippen molar-refractivity contribution in [2.75, 3.05) is 0 Å². The summed E-state index contributed by atoms with van der Waals surface area (Å²) in [5.74, 6) is 12.8. The fourth-order valence-corrected chi connectivity index (χ4v) is 22.6. The molecule has 3 nitrogen and oxygen atoms in total. The van der Waals surface area contributed by atoms with E-state index in [-0.39, 0.29) is 0 Å². The summed E-state index contributed by atoms with van der Waals surface area (Å²) in [7, 11) is 0. The van der Waals surface area contributed by atoms with Gasteiger partial charge in [-0.15, -0.1) is 0 Å². The molecule has 0 radical (unpaired) electrons. The minimum atomic E-state index is 0.942. The van der Waals surface area contributed by atoms with Gasteiger partial charge in [-0.05, 0) is 244 Å². The first-order valence-corrected chi connectivity index (χ1v) is 30.6. The molecule has 10 saturated carbocycles. The molecule has 12 atom stereocenters. The zero-order valence-corrected chi connectivity index (χ0v) is 41.0. The Morgan fingerprint density at radius 2 is 0.365 bits per heavy atom. The first kappa shape index (κ1) is 42.9. The first-order chi connectivity index (χ1) is 31.2. The molecule has 0 aromatic carbocycles. The van der Waals surface area contributed by atoms with Crippen LogP contribution < -0.4 is 0 Å². The summed E-state index contributed by atoms with van der Waals surface area (Å²) in [6.07, 6.45) is 61.1. The van der Waals surface area contributed by atoms with Gasteiger partial charge in [-0.3, -0.25) is 14.7 Å². The molecule has 0 spiro atoms. The van der Waals surface area contributed by atoms with Crippen LogP contribution in [0.15, 0.2) is 0 Å². The van der Waals surface area contributed by atoms with Crippen LogP contribution in [-0.4, -0.2) is 69.1 Å². The minimum Gasteiger partial charge on any atom is -0.294 e. The van der Waals surface area contributed by atoms with Gasteiger partial charge in [-0.1, -0.05) is 77.0 Å². The zero-order valence-electron chi connectivity index (χ0n) is 41.0. The highest BCUT2D eigenvalue weighted by molar-refractivity contribution is 5.09. The minimum absolute atomic E-state index is 0.942. The van der Waals surface area contributed by atoms with Crippen LogP contribution in [0.1, 0.15) is 250 Å². The second kappa shape index (κ2) is 18.7. The number of nitrogens with zero attached hydrogens (tertiary/aromatic N) is 3. The lowest BCUT2D eigenvalue weighted by Gasteiger charge is -2.50. The zero-order chi connectivity index (χ0) is 41.4. The molecule has 0 N–H and O–H groups in total. The average Bonchev–Trinajstić information content (AvgIpc) is 4.00. The number of fused-ring (bicyclic) bond motifs is 9. The van der Waals surface area contributed by atoms with Crippen LogP contribution in [0.4, 0.5) is 0 Å². The second-order valence-electron chi connectivity index (χ2n) is 27.1. The number of likely N-dealkylation sites (tertiary alicyclic amines) is 3. The van der Waals surface area contributed by atoms with Crippen molar-refractivity contribution in [3.8, 4) is 0 Å². The van der Waals surface area contributed by atoms with E-state index in [9.17, 15) is 0 Å². The maximum absolute atomic E-state index is 3.31. The highest BCUT2D eigenvalue weighted by Crippen LogP contribution is 2.58. The van der Waals surface area contributed by atoms with E-state index in [4.69, 9.17) is 0 Å². The quantitative estimate of drug-likeness (QED) is 0.263. The molecule has 13 rings (SSSR count). The molecular weight excluding hydrogens is 763 g/mol. The predicted molar refractivity (Wildman–Crippen MR) is 262 cm³/mol. The molecule has 12 unspecified atom stereocenters. The van der Waals surface area contributed by atoms with E-state index in [1.54, 1.807) is 212 Å². The smallest absolute Gasteiger partial charge is 0.0133 e. The third kappa shape index (κ3) is 7.87. The van der Waals surface area contributed by atoms with Crippen molar-refractivity contribution in [3.63, 3.8) is 0 Å². The molecule has 0 bridgehead atoms. The Balaban J connectivity index is 0.697. The van der Waals surface area contributed by atoms with E-state index >= 15 is 0 Å². The lowest BCUT2D eigenvalue weighted by Crippen LogP contribution is -2.49. The Labute approximate surface area is 388 Å². The molecule has 13 aliphatic rings. The van der Waals surface area contributed by atoms with E-state index in [0.717, 1.165) is 125 Å². The van der Waals surface area contributed by atoms with Crippen molar-refractivity contribution in [1.29, 1.82) is 0 Å². The summed E-state index contributed by atoms with van der Waals surface area (Å²) in [5.41, 5.74) is 0. The van der Waals surface area contributed by atoms with Gasteiger partial charge in [0, 0.05) is 54.4 Å². The van der Waals surface area contributed by atoms with Crippen LogP contribution in [0.3, 0.4) is 0 Å². The molecule has 3 heterocycles. The monoisotopic (exact) mass is 862 g/mol. The van der Waals surface area contributed by atoms with Gasteiger partial charge in [0.1, 0.15) is 0 Å². The molecule has 10 aliphatic carbocycles. The molecule has 0 aromatic heterocycles. The summed E-state index contributed by atoms with van der Waals surface area (Å²) < 4.78 is 0. The third-order valence-corrected chi connectivity index (χ3v) is 24.9. The Bertz CT molecular complexity index is 1250. The third-order valence-electron chi connectivity index (χ3n) is 24.9. The lowest BCUT2D eigenvalue weighted by atomic mass is 9.59. The Morgan fingerprint density at radius 3 is 0.571 bits per heavy atom. The van der Waals surface area contributed by atoms with Gasteiger partial charge >= 0.3 is 0 Å². The normalized spacial score (nSPS) is 53.4. The molecule has 0 amide bonds. The van der Waals surface area contributed by atoms with E-state index < -0.39 is 0 Å². The van der Waals surface area contributed by atoms with Crippen LogP contribution in [0, 0.1) is 71.0 Å². The van der Waals surface area contributed by atoms with Gasteiger partial charge in [0.2, 0.25) is 0 Å².